The monoisotopic (exact) mass is 296 g/mol. The first kappa shape index (κ1) is 13.0. The summed E-state index contributed by atoms with van der Waals surface area (Å²) in [6.07, 6.45) is 9.76. The van der Waals surface area contributed by atoms with Gasteiger partial charge in [0.15, 0.2) is 0 Å². The third-order valence-corrected chi connectivity index (χ3v) is 4.31. The van der Waals surface area contributed by atoms with Crippen molar-refractivity contribution >= 4 is 47.0 Å². The predicted molar refractivity (Wildman–Crippen MR) is 88.5 cm³/mol. The van der Waals surface area contributed by atoms with Crippen molar-refractivity contribution in [3.63, 3.8) is 0 Å². The molecule has 3 rings (SSSR count). The summed E-state index contributed by atoms with van der Waals surface area (Å²) in [5.74, 6) is 0. The van der Waals surface area contributed by atoms with E-state index in [1.165, 1.54) is 9.75 Å². The van der Waals surface area contributed by atoms with E-state index >= 15 is 0 Å². The summed E-state index contributed by atoms with van der Waals surface area (Å²) in [7, 11) is 0. The highest BCUT2D eigenvalue weighted by Gasteiger charge is 1.94. The van der Waals surface area contributed by atoms with Gasteiger partial charge in [0.1, 0.15) is 6.33 Å². The average molecular weight is 296 g/mol. The van der Waals surface area contributed by atoms with Gasteiger partial charge in [0.25, 0.3) is 0 Å². The second-order valence-corrected chi connectivity index (χ2v) is 6.02. The van der Waals surface area contributed by atoms with Crippen LogP contribution in [0.3, 0.4) is 0 Å². The average Bonchev–Trinajstić information content (AvgIpc) is 3.17. The van der Waals surface area contributed by atoms with E-state index in [2.05, 4.69) is 45.0 Å². The molecule has 4 heteroatoms. The third kappa shape index (κ3) is 3.50. The minimum absolute atomic E-state index is 0.916. The largest absolute Gasteiger partial charge is 0.237 e. The molecule has 0 spiro atoms. The molecule has 0 amide bonds. The van der Waals surface area contributed by atoms with Gasteiger partial charge in [0.05, 0.1) is 11.4 Å². The Hall–Kier alpha value is -2.04. The molecule has 0 aliphatic carbocycles. The first-order chi connectivity index (χ1) is 9.90. The molecule has 3 aromatic heterocycles. The van der Waals surface area contributed by atoms with Crippen LogP contribution in [0.4, 0.5) is 0 Å². The van der Waals surface area contributed by atoms with Crippen molar-refractivity contribution in [2.75, 3.05) is 0 Å². The van der Waals surface area contributed by atoms with E-state index in [1.54, 1.807) is 29.0 Å². The molecule has 0 unspecified atom stereocenters. The molecule has 0 atom stereocenters. The summed E-state index contributed by atoms with van der Waals surface area (Å²) >= 11 is 3.42. The van der Waals surface area contributed by atoms with E-state index in [4.69, 9.17) is 0 Å². The van der Waals surface area contributed by atoms with Crippen molar-refractivity contribution in [2.45, 2.75) is 0 Å². The lowest BCUT2D eigenvalue weighted by Crippen LogP contribution is -1.86. The van der Waals surface area contributed by atoms with Crippen molar-refractivity contribution in [3.05, 3.63) is 68.6 Å². The summed E-state index contributed by atoms with van der Waals surface area (Å²) in [6.45, 7) is 0. The van der Waals surface area contributed by atoms with Crippen LogP contribution in [-0.4, -0.2) is 9.97 Å². The van der Waals surface area contributed by atoms with Crippen molar-refractivity contribution in [1.29, 1.82) is 0 Å². The molecular formula is C16H12N2S2. The van der Waals surface area contributed by atoms with Crippen LogP contribution in [0.15, 0.2) is 47.4 Å². The molecule has 0 radical (unpaired) electrons. The Kier molecular flexibility index (Phi) is 4.16. The maximum Gasteiger partial charge on any atom is 0.116 e. The quantitative estimate of drug-likeness (QED) is 0.681. The van der Waals surface area contributed by atoms with Gasteiger partial charge in [-0.3, -0.25) is 0 Å². The van der Waals surface area contributed by atoms with Crippen LogP contribution in [0.1, 0.15) is 21.1 Å². The zero-order chi connectivity index (χ0) is 13.6. The van der Waals surface area contributed by atoms with Crippen molar-refractivity contribution in [3.8, 4) is 0 Å². The first-order valence-electron chi connectivity index (χ1n) is 6.15. The van der Waals surface area contributed by atoms with Gasteiger partial charge in [-0.25, -0.2) is 9.97 Å². The summed E-state index contributed by atoms with van der Waals surface area (Å²) < 4.78 is 0. The number of aromatic nitrogens is 2. The lowest BCUT2D eigenvalue weighted by molar-refractivity contribution is 1.14. The van der Waals surface area contributed by atoms with E-state index < -0.39 is 0 Å². The van der Waals surface area contributed by atoms with Crippen molar-refractivity contribution in [1.82, 2.24) is 9.97 Å². The third-order valence-electron chi connectivity index (χ3n) is 2.63. The van der Waals surface area contributed by atoms with Crippen molar-refractivity contribution in [2.24, 2.45) is 0 Å². The second-order valence-electron chi connectivity index (χ2n) is 4.07. The molecule has 0 N–H and O–H groups in total. The van der Waals surface area contributed by atoms with E-state index in [0.717, 1.165) is 11.4 Å². The van der Waals surface area contributed by atoms with Gasteiger partial charge in [-0.2, -0.15) is 0 Å². The zero-order valence-electron chi connectivity index (χ0n) is 10.6. The molecule has 3 aromatic rings. The highest BCUT2D eigenvalue weighted by Crippen LogP contribution is 2.14. The fourth-order valence-corrected chi connectivity index (χ4v) is 2.91. The summed E-state index contributed by atoms with van der Waals surface area (Å²) in [4.78, 5) is 11.0. The highest BCUT2D eigenvalue weighted by atomic mass is 32.1. The van der Waals surface area contributed by atoms with E-state index in [1.807, 2.05) is 30.4 Å². The van der Waals surface area contributed by atoms with Crippen LogP contribution in [0.25, 0.3) is 24.3 Å². The van der Waals surface area contributed by atoms with E-state index in [-0.39, 0.29) is 0 Å². The smallest absolute Gasteiger partial charge is 0.116 e. The number of nitrogens with zero attached hydrogens (tertiary/aromatic N) is 2. The summed E-state index contributed by atoms with van der Waals surface area (Å²) in [6, 6.07) is 10.2. The Morgan fingerprint density at radius 1 is 0.750 bits per heavy atom. The van der Waals surface area contributed by atoms with Crippen LogP contribution in [0.5, 0.6) is 0 Å². The minimum Gasteiger partial charge on any atom is -0.237 e. The SMILES string of the molecule is C(=C\c1cccs1)/c1cc(/C=C/c2cccs2)ncn1. The number of thiophene rings is 2. The van der Waals surface area contributed by atoms with E-state index in [0.29, 0.717) is 0 Å². The molecule has 0 aromatic carbocycles. The van der Waals surface area contributed by atoms with Gasteiger partial charge in [0, 0.05) is 9.75 Å². The highest BCUT2D eigenvalue weighted by molar-refractivity contribution is 7.11. The zero-order valence-corrected chi connectivity index (χ0v) is 12.3. The van der Waals surface area contributed by atoms with Crippen LogP contribution >= 0.6 is 22.7 Å². The topological polar surface area (TPSA) is 25.8 Å². The predicted octanol–water partition coefficient (Wildman–Crippen LogP) is 4.94. The number of hydrogen-bond acceptors (Lipinski definition) is 4. The fraction of sp³-hybridized carbons (Fsp3) is 0. The molecule has 0 fully saturated rings. The van der Waals surface area contributed by atoms with Gasteiger partial charge >= 0.3 is 0 Å². The van der Waals surface area contributed by atoms with Gasteiger partial charge in [-0.1, -0.05) is 12.1 Å². The Bertz CT molecular complexity index is 651. The Morgan fingerprint density at radius 2 is 1.30 bits per heavy atom. The molecule has 0 aliphatic heterocycles. The number of rotatable bonds is 4. The fourth-order valence-electron chi connectivity index (χ4n) is 1.68. The molecule has 98 valence electrons. The summed E-state index contributed by atoms with van der Waals surface area (Å²) in [5.41, 5.74) is 1.83. The van der Waals surface area contributed by atoms with Gasteiger partial charge in [-0.05, 0) is 53.3 Å². The van der Waals surface area contributed by atoms with Gasteiger partial charge < -0.3 is 0 Å². The molecule has 0 saturated heterocycles. The number of hydrogen-bond donors (Lipinski definition) is 0. The Morgan fingerprint density at radius 3 is 1.75 bits per heavy atom. The maximum atomic E-state index is 4.26. The lowest BCUT2D eigenvalue weighted by atomic mass is 10.2. The normalized spacial score (nSPS) is 11.6. The Balaban J connectivity index is 1.76. The van der Waals surface area contributed by atoms with Gasteiger partial charge in [-0.15, -0.1) is 22.7 Å². The molecular weight excluding hydrogens is 284 g/mol. The first-order valence-corrected chi connectivity index (χ1v) is 7.91. The molecule has 20 heavy (non-hydrogen) atoms. The minimum atomic E-state index is 0.916. The van der Waals surface area contributed by atoms with Crippen LogP contribution < -0.4 is 0 Å². The standard InChI is InChI=1S/C16H12N2S2/c1-3-15(19-9-1)7-5-13-11-14(18-12-17-13)6-8-16-4-2-10-20-16/h1-12H/b7-5+,8-6+. The molecule has 0 aliphatic rings. The maximum absolute atomic E-state index is 4.26. The Labute approximate surface area is 125 Å². The van der Waals surface area contributed by atoms with Crippen LogP contribution in [0, 0.1) is 0 Å². The molecule has 2 nitrogen and oxygen atoms in total. The molecule has 0 saturated carbocycles. The molecule has 3 heterocycles. The lowest BCUT2D eigenvalue weighted by Gasteiger charge is -1.95. The summed E-state index contributed by atoms with van der Waals surface area (Å²) in [5, 5.41) is 4.13. The molecule has 0 bridgehead atoms. The van der Waals surface area contributed by atoms with Crippen LogP contribution in [-0.2, 0) is 0 Å². The van der Waals surface area contributed by atoms with E-state index in [9.17, 15) is 0 Å². The van der Waals surface area contributed by atoms with Crippen LogP contribution in [0.2, 0.25) is 0 Å². The van der Waals surface area contributed by atoms with Crippen molar-refractivity contribution < 1.29 is 0 Å². The van der Waals surface area contributed by atoms with Gasteiger partial charge in [0.2, 0.25) is 0 Å². The second kappa shape index (κ2) is 6.41.